The van der Waals surface area contributed by atoms with Crippen molar-refractivity contribution in [3.8, 4) is 5.82 Å². The maximum Gasteiger partial charge on any atom is 0.418 e. The number of carbonyl (C=O) groups excluding carboxylic acids is 1. The molecule has 0 unspecified atom stereocenters. The number of rotatable bonds is 5. The Morgan fingerprint density at radius 2 is 1.73 bits per heavy atom. The van der Waals surface area contributed by atoms with E-state index in [9.17, 15) is 39.6 Å². The molecule has 3 rings (SSSR count). The molecule has 0 aliphatic carbocycles. The fourth-order valence-corrected chi connectivity index (χ4v) is 3.82. The SMILES string of the molecule is O=C(NNS(=O)(=O)c1cccn1-c1ncc(C(F)(F)F)cc1Cl)c1ncccc1C(F)(F)F. The summed E-state index contributed by atoms with van der Waals surface area (Å²) in [6, 6.07) is 4.24. The Kier molecular flexibility index (Phi) is 6.41. The van der Waals surface area contributed by atoms with E-state index in [0.717, 1.165) is 29.1 Å². The Hall–Kier alpha value is -3.17. The highest BCUT2D eigenvalue weighted by Gasteiger charge is 2.36. The van der Waals surface area contributed by atoms with Crippen molar-refractivity contribution in [2.75, 3.05) is 0 Å². The zero-order chi connectivity index (χ0) is 24.6. The molecule has 0 fully saturated rings. The third kappa shape index (κ3) is 5.26. The van der Waals surface area contributed by atoms with Crippen molar-refractivity contribution in [3.63, 3.8) is 0 Å². The van der Waals surface area contributed by atoms with Crippen LogP contribution in [0, 0.1) is 0 Å². The van der Waals surface area contributed by atoms with Gasteiger partial charge in [-0.05, 0) is 30.3 Å². The van der Waals surface area contributed by atoms with Gasteiger partial charge >= 0.3 is 12.4 Å². The highest BCUT2D eigenvalue weighted by molar-refractivity contribution is 7.89. The normalized spacial score (nSPS) is 12.6. The van der Waals surface area contributed by atoms with E-state index in [2.05, 4.69) is 9.97 Å². The Morgan fingerprint density at radius 3 is 2.33 bits per heavy atom. The van der Waals surface area contributed by atoms with E-state index < -0.39 is 55.2 Å². The first kappa shape index (κ1) is 24.5. The summed E-state index contributed by atoms with van der Waals surface area (Å²) in [6.45, 7) is 0. The molecular formula is C17H10ClF6N5O3S. The quantitative estimate of drug-likeness (QED) is 0.401. The minimum atomic E-state index is -4.93. The summed E-state index contributed by atoms with van der Waals surface area (Å²) < 4.78 is 104. The summed E-state index contributed by atoms with van der Waals surface area (Å²) in [5, 5.41) is -1.17. The smallest absolute Gasteiger partial charge is 0.289 e. The van der Waals surface area contributed by atoms with Gasteiger partial charge in [-0.25, -0.2) is 13.4 Å². The van der Waals surface area contributed by atoms with Crippen LogP contribution in [-0.2, 0) is 22.4 Å². The molecule has 0 aliphatic rings. The van der Waals surface area contributed by atoms with E-state index in [-0.39, 0.29) is 5.82 Å². The molecule has 0 aromatic carbocycles. The van der Waals surface area contributed by atoms with E-state index >= 15 is 0 Å². The fraction of sp³-hybridized carbons (Fsp3) is 0.118. The second-order valence-electron chi connectivity index (χ2n) is 6.20. The highest BCUT2D eigenvalue weighted by Crippen LogP contribution is 2.33. The number of aromatic nitrogens is 3. The molecule has 0 saturated carbocycles. The Bertz CT molecular complexity index is 1310. The van der Waals surface area contributed by atoms with Gasteiger partial charge in [0.1, 0.15) is 5.69 Å². The van der Waals surface area contributed by atoms with Gasteiger partial charge in [0.15, 0.2) is 10.8 Å². The molecule has 8 nitrogen and oxygen atoms in total. The molecule has 0 radical (unpaired) electrons. The van der Waals surface area contributed by atoms with Crippen molar-refractivity contribution in [2.45, 2.75) is 17.4 Å². The number of hydrazine groups is 1. The number of carbonyl (C=O) groups is 1. The molecule has 0 spiro atoms. The first-order valence-electron chi connectivity index (χ1n) is 8.46. The fourth-order valence-electron chi connectivity index (χ4n) is 2.56. The standard InChI is InChI=1S/C17H10ClF6N5O3S/c18-11-7-9(16(19,20)21)8-26-14(11)29-6-2-4-12(29)33(31,32)28-27-15(30)13-10(17(22,23)24)3-1-5-25-13/h1-8,28H,(H,27,30). The molecule has 0 aliphatic heterocycles. The number of amides is 1. The predicted molar refractivity (Wildman–Crippen MR) is 101 cm³/mol. The van der Waals surface area contributed by atoms with E-state index in [0.29, 0.717) is 18.3 Å². The zero-order valence-corrected chi connectivity index (χ0v) is 17.3. The maximum atomic E-state index is 13.0. The Labute approximate surface area is 186 Å². The van der Waals surface area contributed by atoms with Crippen molar-refractivity contribution in [1.29, 1.82) is 0 Å². The average molecular weight is 514 g/mol. The maximum absolute atomic E-state index is 13.0. The molecule has 0 saturated heterocycles. The number of halogens is 7. The number of alkyl halides is 6. The number of nitrogens with one attached hydrogen (secondary N) is 2. The molecular weight excluding hydrogens is 504 g/mol. The van der Waals surface area contributed by atoms with Gasteiger partial charge in [-0.3, -0.25) is 19.8 Å². The molecule has 3 aromatic rings. The lowest BCUT2D eigenvalue weighted by Gasteiger charge is -2.14. The third-order valence-corrected chi connectivity index (χ3v) is 5.52. The second-order valence-corrected chi connectivity index (χ2v) is 8.24. The summed E-state index contributed by atoms with van der Waals surface area (Å²) in [6.07, 6.45) is -7.22. The van der Waals surface area contributed by atoms with Gasteiger partial charge in [0.05, 0.1) is 16.1 Å². The van der Waals surface area contributed by atoms with Gasteiger partial charge in [-0.1, -0.05) is 11.6 Å². The number of hydrogen-bond donors (Lipinski definition) is 2. The lowest BCUT2D eigenvalue weighted by atomic mass is 10.2. The largest absolute Gasteiger partial charge is 0.418 e. The van der Waals surface area contributed by atoms with Crippen LogP contribution in [0.15, 0.2) is 53.9 Å². The molecule has 176 valence electrons. The van der Waals surface area contributed by atoms with Crippen LogP contribution in [0.3, 0.4) is 0 Å². The molecule has 0 bridgehead atoms. The second kappa shape index (κ2) is 8.64. The van der Waals surface area contributed by atoms with E-state index in [1.807, 2.05) is 0 Å². The summed E-state index contributed by atoms with van der Waals surface area (Å²) >= 11 is 5.83. The van der Waals surface area contributed by atoms with Crippen LogP contribution < -0.4 is 10.3 Å². The van der Waals surface area contributed by atoms with Gasteiger partial charge in [0, 0.05) is 18.6 Å². The Morgan fingerprint density at radius 1 is 1.03 bits per heavy atom. The van der Waals surface area contributed by atoms with Gasteiger partial charge < -0.3 is 0 Å². The van der Waals surface area contributed by atoms with E-state index in [1.54, 1.807) is 10.3 Å². The van der Waals surface area contributed by atoms with Crippen LogP contribution >= 0.6 is 11.6 Å². The zero-order valence-electron chi connectivity index (χ0n) is 15.7. The van der Waals surface area contributed by atoms with Crippen LogP contribution in [0.5, 0.6) is 0 Å². The van der Waals surface area contributed by atoms with Crippen molar-refractivity contribution in [3.05, 3.63) is 70.8 Å². The highest BCUT2D eigenvalue weighted by atomic mass is 35.5. The molecule has 16 heteroatoms. The molecule has 33 heavy (non-hydrogen) atoms. The number of nitrogens with zero attached hydrogens (tertiary/aromatic N) is 3. The summed E-state index contributed by atoms with van der Waals surface area (Å²) in [5.41, 5.74) is -2.05. The van der Waals surface area contributed by atoms with Crippen molar-refractivity contribution in [2.24, 2.45) is 0 Å². The first-order chi connectivity index (χ1) is 15.2. The lowest BCUT2D eigenvalue weighted by Crippen LogP contribution is -2.43. The van der Waals surface area contributed by atoms with Gasteiger partial charge in [0.25, 0.3) is 15.9 Å². The van der Waals surface area contributed by atoms with E-state index in [1.165, 1.54) is 6.07 Å². The van der Waals surface area contributed by atoms with Gasteiger partial charge in [-0.15, -0.1) is 4.83 Å². The predicted octanol–water partition coefficient (Wildman–Crippen LogP) is 3.58. The topological polar surface area (TPSA) is 106 Å². The lowest BCUT2D eigenvalue weighted by molar-refractivity contribution is -0.138. The molecule has 2 N–H and O–H groups in total. The van der Waals surface area contributed by atoms with Crippen LogP contribution in [0.25, 0.3) is 5.82 Å². The van der Waals surface area contributed by atoms with Crippen LogP contribution in [-0.4, -0.2) is 28.9 Å². The van der Waals surface area contributed by atoms with E-state index in [4.69, 9.17) is 11.6 Å². The summed E-state index contributed by atoms with van der Waals surface area (Å²) in [5.74, 6) is -1.89. The van der Waals surface area contributed by atoms with Crippen LogP contribution in [0.2, 0.25) is 5.02 Å². The Balaban J connectivity index is 1.87. The molecule has 3 heterocycles. The van der Waals surface area contributed by atoms with Crippen molar-refractivity contribution >= 4 is 27.5 Å². The summed E-state index contributed by atoms with van der Waals surface area (Å²) in [7, 11) is -4.65. The number of pyridine rings is 2. The van der Waals surface area contributed by atoms with Crippen molar-refractivity contribution in [1.82, 2.24) is 24.8 Å². The number of sulfonamides is 1. The molecule has 3 aromatic heterocycles. The van der Waals surface area contributed by atoms with Crippen LogP contribution in [0.4, 0.5) is 26.3 Å². The first-order valence-corrected chi connectivity index (χ1v) is 10.3. The third-order valence-electron chi connectivity index (χ3n) is 3.99. The minimum Gasteiger partial charge on any atom is -0.289 e. The van der Waals surface area contributed by atoms with Gasteiger partial charge in [-0.2, -0.15) is 26.3 Å². The monoisotopic (exact) mass is 513 g/mol. The summed E-state index contributed by atoms with van der Waals surface area (Å²) in [4.78, 5) is 20.6. The molecule has 0 atom stereocenters. The van der Waals surface area contributed by atoms with Crippen LogP contribution in [0.1, 0.15) is 21.6 Å². The minimum absolute atomic E-state index is 0.384. The average Bonchev–Trinajstić information content (AvgIpc) is 3.21. The molecule has 1 amide bonds. The van der Waals surface area contributed by atoms with Gasteiger partial charge in [0.2, 0.25) is 0 Å². The van der Waals surface area contributed by atoms with Crippen molar-refractivity contribution < 1.29 is 39.6 Å². The number of hydrogen-bond acceptors (Lipinski definition) is 5.